The van der Waals surface area contributed by atoms with Crippen LogP contribution in [0, 0.1) is 0 Å². The van der Waals surface area contributed by atoms with Crippen LogP contribution in [0.15, 0.2) is 24.3 Å². The van der Waals surface area contributed by atoms with Crippen molar-refractivity contribution >= 4 is 11.7 Å². The van der Waals surface area contributed by atoms with Gasteiger partial charge in [0.25, 0.3) is 5.91 Å². The van der Waals surface area contributed by atoms with E-state index in [0.717, 1.165) is 0 Å². The standard InChI is InChI=1S/C13H17NO3/c1-3-12(15)10-5-7-11(8-6-10)17-9-13(16)14-4-2/h5-8H,3-4,9H2,1-2H3,(H,14,16). The van der Waals surface area contributed by atoms with Crippen LogP contribution in [0.5, 0.6) is 5.75 Å². The molecule has 17 heavy (non-hydrogen) atoms. The maximum Gasteiger partial charge on any atom is 0.257 e. The Hall–Kier alpha value is -1.84. The smallest absolute Gasteiger partial charge is 0.257 e. The van der Waals surface area contributed by atoms with E-state index < -0.39 is 0 Å². The van der Waals surface area contributed by atoms with Gasteiger partial charge >= 0.3 is 0 Å². The van der Waals surface area contributed by atoms with Gasteiger partial charge in [0.1, 0.15) is 5.75 Å². The number of carbonyl (C=O) groups excluding carboxylic acids is 2. The lowest BCUT2D eigenvalue weighted by atomic mass is 10.1. The van der Waals surface area contributed by atoms with Gasteiger partial charge < -0.3 is 10.1 Å². The van der Waals surface area contributed by atoms with Crippen LogP contribution in [0.25, 0.3) is 0 Å². The highest BCUT2D eigenvalue weighted by Crippen LogP contribution is 2.13. The minimum Gasteiger partial charge on any atom is -0.484 e. The van der Waals surface area contributed by atoms with E-state index in [0.29, 0.717) is 24.3 Å². The number of nitrogens with one attached hydrogen (secondary N) is 1. The molecule has 0 radical (unpaired) electrons. The number of ether oxygens (including phenoxy) is 1. The van der Waals surface area contributed by atoms with Gasteiger partial charge in [-0.25, -0.2) is 0 Å². The predicted molar refractivity (Wildman–Crippen MR) is 65.2 cm³/mol. The molecule has 0 aliphatic heterocycles. The Labute approximate surface area is 101 Å². The summed E-state index contributed by atoms with van der Waals surface area (Å²) in [5.41, 5.74) is 0.665. The van der Waals surface area contributed by atoms with Crippen LogP contribution in [0.4, 0.5) is 0 Å². The van der Waals surface area contributed by atoms with Crippen molar-refractivity contribution in [2.24, 2.45) is 0 Å². The number of ketones is 1. The largest absolute Gasteiger partial charge is 0.484 e. The minimum atomic E-state index is -0.152. The molecule has 92 valence electrons. The summed E-state index contributed by atoms with van der Waals surface area (Å²) < 4.78 is 5.27. The average molecular weight is 235 g/mol. The summed E-state index contributed by atoms with van der Waals surface area (Å²) in [5.74, 6) is 0.533. The summed E-state index contributed by atoms with van der Waals surface area (Å²) in [6, 6.07) is 6.81. The van der Waals surface area contributed by atoms with Crippen molar-refractivity contribution in [2.75, 3.05) is 13.2 Å². The Morgan fingerprint density at radius 2 is 1.82 bits per heavy atom. The molecule has 0 aliphatic carbocycles. The number of likely N-dealkylation sites (N-methyl/N-ethyl adjacent to an activating group) is 1. The number of benzene rings is 1. The first-order valence-corrected chi connectivity index (χ1v) is 5.70. The van der Waals surface area contributed by atoms with Gasteiger partial charge in [0.15, 0.2) is 12.4 Å². The summed E-state index contributed by atoms with van der Waals surface area (Å²) in [6.07, 6.45) is 0.485. The molecule has 4 heteroatoms. The molecule has 0 fully saturated rings. The van der Waals surface area contributed by atoms with E-state index in [-0.39, 0.29) is 18.3 Å². The van der Waals surface area contributed by atoms with Crippen molar-refractivity contribution < 1.29 is 14.3 Å². The second-order valence-electron chi connectivity index (χ2n) is 3.54. The molecule has 0 heterocycles. The van der Waals surface area contributed by atoms with Crippen LogP contribution in [-0.4, -0.2) is 24.8 Å². The Morgan fingerprint density at radius 1 is 1.18 bits per heavy atom. The molecular formula is C13H17NO3. The van der Waals surface area contributed by atoms with Crippen LogP contribution >= 0.6 is 0 Å². The van der Waals surface area contributed by atoms with Gasteiger partial charge in [-0.05, 0) is 31.2 Å². The van der Waals surface area contributed by atoms with Gasteiger partial charge in [0.05, 0.1) is 0 Å². The third kappa shape index (κ3) is 4.26. The maximum absolute atomic E-state index is 11.4. The number of Topliss-reactive ketones (excluding diaryl/α,β-unsaturated/α-hetero) is 1. The van der Waals surface area contributed by atoms with E-state index in [1.807, 2.05) is 13.8 Å². The Balaban J connectivity index is 2.51. The highest BCUT2D eigenvalue weighted by molar-refractivity contribution is 5.95. The number of hydrogen-bond donors (Lipinski definition) is 1. The number of rotatable bonds is 6. The van der Waals surface area contributed by atoms with Crippen molar-refractivity contribution in [3.63, 3.8) is 0 Å². The molecule has 0 atom stereocenters. The van der Waals surface area contributed by atoms with Crippen LogP contribution in [0.1, 0.15) is 30.6 Å². The first-order valence-electron chi connectivity index (χ1n) is 5.70. The maximum atomic E-state index is 11.4. The lowest BCUT2D eigenvalue weighted by Crippen LogP contribution is -2.28. The lowest BCUT2D eigenvalue weighted by Gasteiger charge is -2.06. The Morgan fingerprint density at radius 3 is 2.35 bits per heavy atom. The zero-order chi connectivity index (χ0) is 12.7. The molecule has 0 unspecified atom stereocenters. The number of carbonyl (C=O) groups is 2. The van der Waals surface area contributed by atoms with Crippen LogP contribution in [-0.2, 0) is 4.79 Å². The molecular weight excluding hydrogens is 218 g/mol. The summed E-state index contributed by atoms with van der Waals surface area (Å²) in [4.78, 5) is 22.5. The van der Waals surface area contributed by atoms with Crippen LogP contribution in [0.2, 0.25) is 0 Å². The van der Waals surface area contributed by atoms with Gasteiger partial charge in [-0.2, -0.15) is 0 Å². The monoisotopic (exact) mass is 235 g/mol. The van der Waals surface area contributed by atoms with E-state index in [1.165, 1.54) is 0 Å². The summed E-state index contributed by atoms with van der Waals surface area (Å²) in [6.45, 7) is 4.26. The van der Waals surface area contributed by atoms with E-state index >= 15 is 0 Å². The molecule has 4 nitrogen and oxygen atoms in total. The fraction of sp³-hybridized carbons (Fsp3) is 0.385. The van der Waals surface area contributed by atoms with Gasteiger partial charge in [0, 0.05) is 18.5 Å². The SMILES string of the molecule is CCNC(=O)COc1ccc(C(=O)CC)cc1. The van der Waals surface area contributed by atoms with E-state index in [4.69, 9.17) is 4.74 Å². The van der Waals surface area contributed by atoms with E-state index in [9.17, 15) is 9.59 Å². The topological polar surface area (TPSA) is 55.4 Å². The molecule has 1 aromatic carbocycles. The first-order chi connectivity index (χ1) is 8.17. The second kappa shape index (κ2) is 6.68. The molecule has 1 amide bonds. The summed E-state index contributed by atoms with van der Waals surface area (Å²) in [7, 11) is 0. The molecule has 0 saturated heterocycles. The fourth-order valence-corrected chi connectivity index (χ4v) is 1.34. The minimum absolute atomic E-state index is 0.00505. The third-order valence-corrected chi connectivity index (χ3v) is 2.24. The quantitative estimate of drug-likeness (QED) is 0.765. The summed E-state index contributed by atoms with van der Waals surface area (Å²) >= 11 is 0. The van der Waals surface area contributed by atoms with Crippen molar-refractivity contribution in [1.29, 1.82) is 0 Å². The molecule has 1 rings (SSSR count). The van der Waals surface area contributed by atoms with Crippen molar-refractivity contribution in [3.05, 3.63) is 29.8 Å². The second-order valence-corrected chi connectivity index (χ2v) is 3.54. The van der Waals surface area contributed by atoms with Gasteiger partial charge in [-0.1, -0.05) is 6.92 Å². The van der Waals surface area contributed by atoms with E-state index in [1.54, 1.807) is 24.3 Å². The number of hydrogen-bond acceptors (Lipinski definition) is 3. The Kier molecular flexibility index (Phi) is 5.20. The van der Waals surface area contributed by atoms with Gasteiger partial charge in [0.2, 0.25) is 0 Å². The molecule has 0 saturated carbocycles. The van der Waals surface area contributed by atoms with Crippen molar-refractivity contribution in [2.45, 2.75) is 20.3 Å². The lowest BCUT2D eigenvalue weighted by molar-refractivity contribution is -0.122. The molecule has 1 aromatic rings. The molecule has 0 aromatic heterocycles. The zero-order valence-corrected chi connectivity index (χ0v) is 10.2. The average Bonchev–Trinajstić information content (AvgIpc) is 2.36. The van der Waals surface area contributed by atoms with Crippen LogP contribution < -0.4 is 10.1 Å². The fourth-order valence-electron chi connectivity index (χ4n) is 1.34. The first kappa shape index (κ1) is 13.2. The van der Waals surface area contributed by atoms with Crippen LogP contribution in [0.3, 0.4) is 0 Å². The predicted octanol–water partition coefficient (Wildman–Crippen LogP) is 1.79. The van der Waals surface area contributed by atoms with Gasteiger partial charge in [-0.15, -0.1) is 0 Å². The number of amides is 1. The highest BCUT2D eigenvalue weighted by atomic mass is 16.5. The highest BCUT2D eigenvalue weighted by Gasteiger charge is 2.04. The molecule has 0 spiro atoms. The molecule has 0 aliphatic rings. The van der Waals surface area contributed by atoms with Gasteiger partial charge in [-0.3, -0.25) is 9.59 Å². The zero-order valence-electron chi connectivity index (χ0n) is 10.2. The molecule has 1 N–H and O–H groups in total. The van der Waals surface area contributed by atoms with Crippen molar-refractivity contribution in [1.82, 2.24) is 5.32 Å². The third-order valence-electron chi connectivity index (χ3n) is 2.24. The normalized spacial score (nSPS) is 9.76. The van der Waals surface area contributed by atoms with E-state index in [2.05, 4.69) is 5.32 Å². The summed E-state index contributed by atoms with van der Waals surface area (Å²) in [5, 5.41) is 2.64. The van der Waals surface area contributed by atoms with Crippen molar-refractivity contribution in [3.8, 4) is 5.75 Å². The molecule has 0 bridgehead atoms. The Bertz CT molecular complexity index is 384.